The molecule has 3 aromatic heterocycles. The molecule has 0 unspecified atom stereocenters. The van der Waals surface area contributed by atoms with E-state index in [1.54, 1.807) is 31.3 Å². The molecule has 4 atom stereocenters. The molecule has 1 amide bonds. The Hall–Kier alpha value is -3.71. The van der Waals surface area contributed by atoms with Gasteiger partial charge in [-0.3, -0.25) is 14.3 Å². The molecule has 37 heavy (non-hydrogen) atoms. The number of carbonyl (C=O) groups is 1. The predicted molar refractivity (Wildman–Crippen MR) is 132 cm³/mol. The fourth-order valence-electron chi connectivity index (χ4n) is 4.10. The normalized spacial score (nSPS) is 21.3. The summed E-state index contributed by atoms with van der Waals surface area (Å²) in [7, 11) is 0. The summed E-state index contributed by atoms with van der Waals surface area (Å²) in [4.78, 5) is 30.0. The molecule has 192 valence electrons. The van der Waals surface area contributed by atoms with Gasteiger partial charge < -0.3 is 25.6 Å². The maximum absolute atomic E-state index is 13.7. The van der Waals surface area contributed by atoms with Crippen LogP contribution in [0, 0.1) is 5.82 Å². The highest BCUT2D eigenvalue weighted by molar-refractivity contribution is 6.30. The van der Waals surface area contributed by atoms with E-state index in [0.717, 1.165) is 0 Å². The van der Waals surface area contributed by atoms with Crippen LogP contribution in [-0.4, -0.2) is 65.5 Å². The Balaban J connectivity index is 1.56. The van der Waals surface area contributed by atoms with E-state index in [1.165, 1.54) is 29.2 Å². The predicted octanol–water partition coefficient (Wildman–Crippen LogP) is 2.05. The highest BCUT2D eigenvalue weighted by Crippen LogP contribution is 2.34. The monoisotopic (exact) mass is 527 g/mol. The number of carbonyl (C=O) groups excluding carboxylic acids is 1. The van der Waals surface area contributed by atoms with Gasteiger partial charge in [-0.25, -0.2) is 19.3 Å². The van der Waals surface area contributed by atoms with Crippen LogP contribution in [0.4, 0.5) is 10.2 Å². The van der Waals surface area contributed by atoms with Gasteiger partial charge in [0.05, 0.1) is 11.3 Å². The molecular weight excluding hydrogens is 505 g/mol. The zero-order chi connectivity index (χ0) is 26.1. The second-order valence-electron chi connectivity index (χ2n) is 8.42. The fourth-order valence-corrected chi connectivity index (χ4v) is 4.28. The topological polar surface area (TPSA) is 147 Å². The summed E-state index contributed by atoms with van der Waals surface area (Å²) in [5, 5.41) is 27.3. The van der Waals surface area contributed by atoms with Crippen molar-refractivity contribution in [3.05, 3.63) is 65.5 Å². The number of fused-ring (bicyclic) bond motifs is 1. The van der Waals surface area contributed by atoms with E-state index in [1.807, 2.05) is 0 Å². The molecule has 4 N–H and O–H groups in total. The zero-order valence-electron chi connectivity index (χ0n) is 19.5. The quantitative estimate of drug-likeness (QED) is 0.283. The van der Waals surface area contributed by atoms with Crippen LogP contribution in [0.3, 0.4) is 0 Å². The molecule has 4 aromatic rings. The Labute approximate surface area is 215 Å². The molecule has 4 heterocycles. The summed E-state index contributed by atoms with van der Waals surface area (Å²) >= 11 is 6.12. The minimum Gasteiger partial charge on any atom is -0.387 e. The number of likely N-dealkylation sites (N-methyl/N-ethyl adjacent to an activating group) is 1. The molecule has 1 aliphatic heterocycles. The van der Waals surface area contributed by atoms with Gasteiger partial charge in [0, 0.05) is 31.0 Å². The number of anilines is 1. The smallest absolute Gasteiger partial charge is 0.252 e. The summed E-state index contributed by atoms with van der Waals surface area (Å²) < 4.78 is 20.9. The first-order valence-electron chi connectivity index (χ1n) is 11.5. The lowest BCUT2D eigenvalue weighted by Gasteiger charge is -2.17. The highest BCUT2D eigenvalue weighted by Gasteiger charge is 2.47. The molecule has 1 aliphatic rings. The number of ether oxygens (including phenoxy) is 1. The van der Waals surface area contributed by atoms with E-state index >= 15 is 0 Å². The first kappa shape index (κ1) is 25.0. The van der Waals surface area contributed by atoms with Gasteiger partial charge in [-0.1, -0.05) is 23.7 Å². The summed E-state index contributed by atoms with van der Waals surface area (Å²) in [6.45, 7) is 2.31. The third-order valence-electron chi connectivity index (χ3n) is 5.86. The molecule has 1 saturated heterocycles. The molecule has 5 rings (SSSR count). The molecule has 13 heteroatoms. The lowest BCUT2D eigenvalue weighted by Crippen LogP contribution is -2.42. The van der Waals surface area contributed by atoms with Gasteiger partial charge in [0.1, 0.15) is 18.0 Å². The highest BCUT2D eigenvalue weighted by atomic mass is 35.5. The Bertz CT molecular complexity index is 1450. The summed E-state index contributed by atoms with van der Waals surface area (Å²) in [5.74, 6) is -0.330. The summed E-state index contributed by atoms with van der Waals surface area (Å²) in [6, 6.07) is 7.77. The maximum atomic E-state index is 13.7. The first-order chi connectivity index (χ1) is 17.9. The second-order valence-corrected chi connectivity index (χ2v) is 8.85. The maximum Gasteiger partial charge on any atom is 0.252 e. The molecule has 1 fully saturated rings. The van der Waals surface area contributed by atoms with Crippen molar-refractivity contribution < 1.29 is 24.1 Å². The van der Waals surface area contributed by atoms with Crippen LogP contribution in [0.15, 0.2) is 49.1 Å². The van der Waals surface area contributed by atoms with E-state index in [2.05, 4.69) is 30.6 Å². The minimum absolute atomic E-state index is 0.241. The van der Waals surface area contributed by atoms with Crippen molar-refractivity contribution in [1.29, 1.82) is 0 Å². The zero-order valence-corrected chi connectivity index (χ0v) is 20.3. The average molecular weight is 528 g/mol. The van der Waals surface area contributed by atoms with Crippen molar-refractivity contribution in [2.24, 2.45) is 0 Å². The molecule has 0 radical (unpaired) electrons. The Morgan fingerprint density at radius 2 is 2.05 bits per heavy atom. The number of hydrogen-bond donors (Lipinski definition) is 4. The van der Waals surface area contributed by atoms with Crippen LogP contribution in [0.2, 0.25) is 5.02 Å². The number of aromatic nitrogens is 5. The van der Waals surface area contributed by atoms with Crippen molar-refractivity contribution in [2.45, 2.75) is 38.0 Å². The number of rotatable bonds is 7. The minimum atomic E-state index is -1.46. The lowest BCUT2D eigenvalue weighted by molar-refractivity contribution is -0.137. The van der Waals surface area contributed by atoms with E-state index in [-0.39, 0.29) is 23.8 Å². The summed E-state index contributed by atoms with van der Waals surface area (Å²) in [6.07, 6.45) is -0.918. The number of nitrogens with one attached hydrogen (secondary N) is 2. The molecule has 0 saturated carbocycles. The number of imidazole rings is 1. The van der Waals surface area contributed by atoms with Crippen molar-refractivity contribution >= 4 is 34.5 Å². The third-order valence-corrected chi connectivity index (χ3v) is 6.06. The van der Waals surface area contributed by atoms with Crippen LogP contribution in [0.1, 0.15) is 18.7 Å². The Morgan fingerprint density at radius 1 is 1.22 bits per heavy atom. The fraction of sp³-hybridized carbons (Fsp3) is 0.292. The van der Waals surface area contributed by atoms with Gasteiger partial charge in [-0.05, 0) is 30.7 Å². The number of aliphatic hydroxyl groups excluding tert-OH is 2. The van der Waals surface area contributed by atoms with Crippen LogP contribution in [0.5, 0.6) is 0 Å². The number of nitrogens with zero attached hydrogens (tertiary/aromatic N) is 5. The van der Waals surface area contributed by atoms with Crippen LogP contribution in [-0.2, 0) is 16.1 Å². The van der Waals surface area contributed by atoms with E-state index < -0.39 is 30.4 Å². The SMILES string of the molecule is CCNC(=O)[C@H]1O[C@@H](n2cnc3c(NCc4cccc(F)c4)nc(-c4cncc(Cl)c4)nc32)[C@H](O)[C@@H]1O. The number of benzene rings is 1. The Morgan fingerprint density at radius 3 is 2.81 bits per heavy atom. The van der Waals surface area contributed by atoms with Crippen LogP contribution >= 0.6 is 11.6 Å². The molecule has 11 nitrogen and oxygen atoms in total. The van der Waals surface area contributed by atoms with Crippen molar-refractivity contribution in [3.8, 4) is 11.4 Å². The average Bonchev–Trinajstić information content (AvgIpc) is 3.43. The standard InChI is InChI=1S/C24H23ClFN7O4/c1-2-28-23(36)19-17(34)18(35)24(37-19)33-11-30-16-21(29-8-12-4-3-5-15(26)6-12)31-20(32-22(16)33)13-7-14(25)10-27-9-13/h3-7,9-11,17-19,24,34-35H,2,8H2,1H3,(H,28,36)(H,29,31,32)/t17-,18+,19-,24+/m0/s1. The molecule has 0 aliphatic carbocycles. The molecule has 1 aromatic carbocycles. The van der Waals surface area contributed by atoms with Crippen LogP contribution < -0.4 is 10.6 Å². The third kappa shape index (κ3) is 4.96. The lowest BCUT2D eigenvalue weighted by atomic mass is 10.1. The number of hydrogen-bond acceptors (Lipinski definition) is 9. The molecule has 0 spiro atoms. The molecule has 0 bridgehead atoms. The number of amides is 1. The number of aliphatic hydroxyl groups is 2. The number of halogens is 2. The van der Waals surface area contributed by atoms with E-state index in [9.17, 15) is 19.4 Å². The van der Waals surface area contributed by atoms with Crippen molar-refractivity contribution in [2.75, 3.05) is 11.9 Å². The van der Waals surface area contributed by atoms with Crippen molar-refractivity contribution in [3.63, 3.8) is 0 Å². The number of pyridine rings is 1. The van der Waals surface area contributed by atoms with E-state index in [0.29, 0.717) is 34.0 Å². The van der Waals surface area contributed by atoms with Gasteiger partial charge in [0.25, 0.3) is 5.91 Å². The second kappa shape index (κ2) is 10.3. The Kier molecular flexibility index (Phi) is 6.98. The molecular formula is C24H23ClFN7O4. The first-order valence-corrected chi connectivity index (χ1v) is 11.9. The largest absolute Gasteiger partial charge is 0.387 e. The van der Waals surface area contributed by atoms with Crippen LogP contribution in [0.25, 0.3) is 22.6 Å². The van der Waals surface area contributed by atoms with Crippen molar-refractivity contribution in [1.82, 2.24) is 29.8 Å². The van der Waals surface area contributed by atoms with Gasteiger partial charge >= 0.3 is 0 Å². The summed E-state index contributed by atoms with van der Waals surface area (Å²) in [5.41, 5.74) is 1.80. The van der Waals surface area contributed by atoms with Gasteiger partial charge in [-0.15, -0.1) is 0 Å². The van der Waals surface area contributed by atoms with Gasteiger partial charge in [0.15, 0.2) is 35.1 Å². The van der Waals surface area contributed by atoms with E-state index in [4.69, 9.17) is 16.3 Å². The van der Waals surface area contributed by atoms with Gasteiger partial charge in [-0.2, -0.15) is 0 Å². The van der Waals surface area contributed by atoms with Gasteiger partial charge in [0.2, 0.25) is 0 Å².